The number of amides is 4. The van der Waals surface area contributed by atoms with Crippen LogP contribution < -0.4 is 43.2 Å². The molecule has 4 aliphatic rings. The van der Waals surface area contributed by atoms with Crippen molar-refractivity contribution < 1.29 is 89.7 Å². The number of piperidine rings is 1. The standard InChI is InChI=1S/C33H54IN10O14/c35-26(48)15-39-7-4-22(5-8-39)37-33(55)23(1-2-27(49)36-6-3-24(46)32(54)25(47)20-45)38-28(50)16-42-12-11-40-9-10-41-13-14-43(34-21-42)19-31(53)58-44(56-29(51)17-40)57-30(52)18-41/h22-24,32,45-46,54H,1-21H2,(H2,35,48)(H,36,49)(H,37,55)(H,38,50)/q-1/t23-,24-,32+/m1/s1. The molecule has 24 nitrogen and oxygen atoms in total. The zero-order valence-corrected chi connectivity index (χ0v) is 34.3. The first-order chi connectivity index (χ1) is 27.7. The molecule has 58 heavy (non-hydrogen) atoms. The predicted octanol–water partition coefficient (Wildman–Crippen LogP) is -10.0. The Labute approximate surface area is 345 Å². The third kappa shape index (κ3) is 16.5. The molecule has 4 heterocycles. The van der Waals surface area contributed by atoms with Gasteiger partial charge in [-0.3, -0.25) is 9.59 Å². The normalized spacial score (nSPS) is 25.9. The molecule has 4 amide bonds. The minimum absolute atomic E-state index is 0.0949. The van der Waals surface area contributed by atoms with Gasteiger partial charge in [0.1, 0.15) is 12.7 Å². The average molecular weight is 942 g/mol. The fraction of sp³-hybridized carbons (Fsp3) is 0.758. The molecule has 0 aromatic heterocycles. The molecule has 8 N–H and O–H groups in total. The Morgan fingerprint density at radius 3 is 2.00 bits per heavy atom. The molecule has 4 aliphatic heterocycles. The van der Waals surface area contributed by atoms with Crippen LogP contribution in [0.4, 0.5) is 0 Å². The number of hydrogen-bond donors (Lipinski definition) is 7. The SMILES string of the molecule is NC(=O)CN1CCC(NC(=O)[C@@H](CCC(=O)NCC[C@@H](O)[C@H](O)C(=O)CO)NC(=O)CN2CCN3CCN4CCN(CC(=O)ON(OC(=O)C3)OC(=O)C4)[I-]C2)CC1. The van der Waals surface area contributed by atoms with Crippen LogP contribution >= 0.6 is 0 Å². The second-order valence-corrected chi connectivity index (χ2v) is 17.0. The van der Waals surface area contributed by atoms with Gasteiger partial charge < -0.3 is 21.1 Å². The number of aliphatic hydroxyl groups excluding tert-OH is 3. The van der Waals surface area contributed by atoms with Crippen LogP contribution in [0, 0.1) is 0 Å². The summed E-state index contributed by atoms with van der Waals surface area (Å²) < 4.78 is 2.28. The van der Waals surface area contributed by atoms with Crippen LogP contribution in [0.3, 0.4) is 0 Å². The first-order valence-corrected chi connectivity index (χ1v) is 21.5. The van der Waals surface area contributed by atoms with Gasteiger partial charge in [-0.05, 0) is 0 Å². The van der Waals surface area contributed by atoms with E-state index in [1.54, 1.807) is 4.90 Å². The number of carbonyl (C=O) groups is 8. The van der Waals surface area contributed by atoms with Crippen molar-refractivity contribution in [2.24, 2.45) is 5.73 Å². The van der Waals surface area contributed by atoms with Gasteiger partial charge in [0.15, 0.2) is 5.78 Å². The number of likely N-dealkylation sites (tertiary alicyclic amines) is 1. The van der Waals surface area contributed by atoms with Gasteiger partial charge in [0.05, 0.1) is 12.6 Å². The third-order valence-corrected chi connectivity index (χ3v) is 12.7. The van der Waals surface area contributed by atoms with Gasteiger partial charge in [-0.25, -0.2) is 0 Å². The number of alkyl halides is 1. The molecule has 328 valence electrons. The van der Waals surface area contributed by atoms with Crippen LogP contribution in [0.25, 0.3) is 0 Å². The Morgan fingerprint density at radius 2 is 1.38 bits per heavy atom. The molecular formula is C33H54IN10O14-. The van der Waals surface area contributed by atoms with Crippen molar-refractivity contribution in [3.63, 3.8) is 0 Å². The summed E-state index contributed by atoms with van der Waals surface area (Å²) in [4.78, 5) is 124. The number of rotatable bonds is 16. The predicted molar refractivity (Wildman–Crippen MR) is 191 cm³/mol. The molecule has 4 saturated heterocycles. The van der Waals surface area contributed by atoms with Gasteiger partial charge in [-0.15, -0.1) is 0 Å². The van der Waals surface area contributed by atoms with E-state index in [9.17, 15) is 48.6 Å². The maximum absolute atomic E-state index is 13.7. The number of nitrogens with one attached hydrogen (secondary N) is 3. The molecule has 4 bridgehead atoms. The molecule has 4 fully saturated rings. The van der Waals surface area contributed by atoms with Gasteiger partial charge >= 0.3 is 278 Å². The quantitative estimate of drug-likeness (QED) is 0.0327. The van der Waals surface area contributed by atoms with E-state index in [4.69, 9.17) is 25.4 Å². The van der Waals surface area contributed by atoms with Crippen LogP contribution in [-0.2, 0) is 52.9 Å². The number of ketones is 1. The minimum atomic E-state index is -1.81. The topological polar surface area (TPSA) is 306 Å². The van der Waals surface area contributed by atoms with Crippen molar-refractivity contribution in [2.45, 2.75) is 56.4 Å². The van der Waals surface area contributed by atoms with Crippen molar-refractivity contribution >= 4 is 47.3 Å². The summed E-state index contributed by atoms with van der Waals surface area (Å²) in [5.41, 5.74) is 5.32. The Kier molecular flexibility index (Phi) is 19.3. The maximum atomic E-state index is 13.7. The average Bonchev–Trinajstić information content (AvgIpc) is 3.20. The molecule has 0 radical (unpaired) electrons. The first kappa shape index (κ1) is 47.0. The van der Waals surface area contributed by atoms with Crippen LogP contribution in [-0.4, -0.2) is 218 Å². The second-order valence-electron chi connectivity index (χ2n) is 14.3. The summed E-state index contributed by atoms with van der Waals surface area (Å²) in [5, 5.41) is 37.1. The van der Waals surface area contributed by atoms with Gasteiger partial charge in [-0.1, -0.05) is 0 Å². The first-order valence-electron chi connectivity index (χ1n) is 19.0. The Bertz CT molecular complexity index is 1440. The van der Waals surface area contributed by atoms with Crippen LogP contribution in [0.1, 0.15) is 32.1 Å². The molecule has 0 saturated carbocycles. The molecule has 4 rings (SSSR count). The number of aliphatic hydroxyl groups is 3. The molecular weight excluding hydrogens is 887 g/mol. The van der Waals surface area contributed by atoms with Crippen molar-refractivity contribution in [1.29, 1.82) is 0 Å². The van der Waals surface area contributed by atoms with E-state index in [2.05, 4.69) is 16.0 Å². The Balaban J connectivity index is 1.42. The molecule has 0 aromatic rings. The molecule has 0 aliphatic carbocycles. The Hall–Kier alpha value is -3.67. The van der Waals surface area contributed by atoms with Crippen LogP contribution in [0.2, 0.25) is 0 Å². The molecule has 7 atom stereocenters. The number of Topliss-reactive ketones (excluding diaryl/α,β-unsaturated/α-hetero) is 1. The number of nitrogens with zero attached hydrogens (tertiary/aromatic N) is 6. The summed E-state index contributed by atoms with van der Waals surface area (Å²) in [6.45, 7) is 1.51. The van der Waals surface area contributed by atoms with E-state index in [0.29, 0.717) is 69.8 Å². The summed E-state index contributed by atoms with van der Waals surface area (Å²) in [7, 11) is 0. The van der Waals surface area contributed by atoms with E-state index in [-0.39, 0.29) is 70.0 Å². The molecule has 0 spiro atoms. The zero-order valence-electron chi connectivity index (χ0n) is 32.1. The van der Waals surface area contributed by atoms with Gasteiger partial charge in [-0.2, -0.15) is 0 Å². The number of halogens is 1. The van der Waals surface area contributed by atoms with Crippen LogP contribution in [0.5, 0.6) is 0 Å². The summed E-state index contributed by atoms with van der Waals surface area (Å²) in [6, 6.07) is -1.40. The van der Waals surface area contributed by atoms with Crippen LogP contribution in [0.15, 0.2) is 0 Å². The van der Waals surface area contributed by atoms with E-state index < -0.39 is 93.7 Å². The van der Waals surface area contributed by atoms with Crippen molar-refractivity contribution in [1.82, 2.24) is 44.1 Å². The van der Waals surface area contributed by atoms with Crippen molar-refractivity contribution in [3.8, 4) is 0 Å². The van der Waals surface area contributed by atoms with Gasteiger partial charge in [0, 0.05) is 0 Å². The number of carbonyl (C=O) groups excluding carboxylic acids is 8. The molecule has 4 unspecified atom stereocenters. The second kappa shape index (κ2) is 23.8. The third-order valence-electron chi connectivity index (χ3n) is 9.66. The van der Waals surface area contributed by atoms with E-state index in [1.807, 2.05) is 17.8 Å². The van der Waals surface area contributed by atoms with Gasteiger partial charge in [0.2, 0.25) is 5.91 Å². The van der Waals surface area contributed by atoms with E-state index in [0.717, 1.165) is 0 Å². The number of nitrogens with two attached hydrogens (primary N) is 1. The van der Waals surface area contributed by atoms with E-state index in [1.165, 1.54) is 0 Å². The zero-order chi connectivity index (χ0) is 42.2. The van der Waals surface area contributed by atoms with Gasteiger partial charge in [0.25, 0.3) is 0 Å². The summed E-state index contributed by atoms with van der Waals surface area (Å²) in [5.74, 6) is -5.42. The molecule has 25 heteroatoms. The Morgan fingerprint density at radius 1 is 0.776 bits per heavy atom. The number of primary amides is 1. The van der Waals surface area contributed by atoms with Crippen molar-refractivity contribution in [2.75, 3.05) is 103 Å². The fourth-order valence-electron chi connectivity index (χ4n) is 6.42. The fourth-order valence-corrected chi connectivity index (χ4v) is 8.95. The number of hydrogen-bond acceptors (Lipinski definition) is 20. The van der Waals surface area contributed by atoms with Crippen molar-refractivity contribution in [3.05, 3.63) is 0 Å². The number of fused-ring (bicyclic) bond motifs is 7. The van der Waals surface area contributed by atoms with E-state index >= 15 is 0 Å². The summed E-state index contributed by atoms with van der Waals surface area (Å²) in [6.07, 6.45) is -2.77. The molecule has 0 aromatic carbocycles. The monoisotopic (exact) mass is 941 g/mol. The summed E-state index contributed by atoms with van der Waals surface area (Å²) >= 11 is -0.946.